The predicted octanol–water partition coefficient (Wildman–Crippen LogP) is 5.38. The van der Waals surface area contributed by atoms with E-state index >= 15 is 0 Å². The Kier molecular flexibility index (Phi) is 5.81. The molecule has 0 bridgehead atoms. The van der Waals surface area contributed by atoms with E-state index in [2.05, 4.69) is 26.6 Å². The maximum Gasteiger partial charge on any atom is 0.171 e. The zero-order valence-corrected chi connectivity index (χ0v) is 14.5. The first kappa shape index (κ1) is 16.5. The molecule has 21 heavy (non-hydrogen) atoms. The average molecular weight is 408 g/mol. The largest absolute Gasteiger partial charge is 0.358 e. The molecule has 0 aliphatic rings. The lowest BCUT2D eigenvalue weighted by molar-refractivity contribution is 0.627. The van der Waals surface area contributed by atoms with Crippen LogP contribution < -0.4 is 10.6 Å². The number of hydrogen-bond donors (Lipinski definition) is 2. The number of halogens is 4. The van der Waals surface area contributed by atoms with Crippen LogP contribution in [-0.4, -0.2) is 5.11 Å². The molecular formula is C14H10BrCl2FN2S. The van der Waals surface area contributed by atoms with Gasteiger partial charge in [-0.1, -0.05) is 29.3 Å². The average Bonchev–Trinajstić information content (AvgIpc) is 2.44. The van der Waals surface area contributed by atoms with Gasteiger partial charge in [0.25, 0.3) is 0 Å². The highest BCUT2D eigenvalue weighted by molar-refractivity contribution is 9.10. The van der Waals surface area contributed by atoms with E-state index < -0.39 is 5.82 Å². The SMILES string of the molecule is Fc1ccc(CNC(=S)Nc2ccc(Br)c(Cl)c2)cc1Cl. The van der Waals surface area contributed by atoms with Crippen LogP contribution in [0, 0.1) is 5.82 Å². The van der Waals surface area contributed by atoms with Gasteiger partial charge in [0, 0.05) is 16.7 Å². The third kappa shape index (κ3) is 4.81. The van der Waals surface area contributed by atoms with Crippen LogP contribution in [0.4, 0.5) is 10.1 Å². The van der Waals surface area contributed by atoms with Crippen molar-refractivity contribution in [1.82, 2.24) is 5.32 Å². The number of thiocarbonyl (C=S) groups is 1. The summed E-state index contributed by atoms with van der Waals surface area (Å²) >= 11 is 20.2. The fourth-order valence-electron chi connectivity index (χ4n) is 1.58. The predicted molar refractivity (Wildman–Crippen MR) is 93.6 cm³/mol. The Labute approximate surface area is 145 Å². The summed E-state index contributed by atoms with van der Waals surface area (Å²) < 4.78 is 13.9. The van der Waals surface area contributed by atoms with Crippen LogP contribution in [0.5, 0.6) is 0 Å². The molecule has 7 heteroatoms. The third-order valence-corrected chi connectivity index (χ3v) is 4.38. The summed E-state index contributed by atoms with van der Waals surface area (Å²) in [5.41, 5.74) is 1.61. The van der Waals surface area contributed by atoms with Gasteiger partial charge < -0.3 is 10.6 Å². The van der Waals surface area contributed by atoms with Crippen molar-refractivity contribution in [3.8, 4) is 0 Å². The lowest BCUT2D eigenvalue weighted by atomic mass is 10.2. The molecule has 2 rings (SSSR count). The van der Waals surface area contributed by atoms with Gasteiger partial charge in [-0.2, -0.15) is 0 Å². The van der Waals surface area contributed by atoms with E-state index in [4.69, 9.17) is 35.4 Å². The van der Waals surface area contributed by atoms with E-state index in [1.54, 1.807) is 18.2 Å². The van der Waals surface area contributed by atoms with Crippen molar-refractivity contribution in [2.45, 2.75) is 6.54 Å². The molecular weight excluding hydrogens is 398 g/mol. The van der Waals surface area contributed by atoms with Crippen molar-refractivity contribution in [2.75, 3.05) is 5.32 Å². The smallest absolute Gasteiger partial charge is 0.171 e. The molecule has 2 aromatic rings. The summed E-state index contributed by atoms with van der Waals surface area (Å²) in [7, 11) is 0. The van der Waals surface area contributed by atoms with Gasteiger partial charge >= 0.3 is 0 Å². The minimum atomic E-state index is -0.439. The van der Waals surface area contributed by atoms with Crippen LogP contribution in [0.25, 0.3) is 0 Å². The third-order valence-electron chi connectivity index (χ3n) is 2.61. The Balaban J connectivity index is 1.92. The molecule has 0 aromatic heterocycles. The van der Waals surface area contributed by atoms with Crippen LogP contribution >= 0.6 is 51.3 Å². The van der Waals surface area contributed by atoms with E-state index in [1.165, 1.54) is 6.07 Å². The maximum atomic E-state index is 13.0. The minimum absolute atomic E-state index is 0.0906. The Morgan fingerprint density at radius 2 is 1.90 bits per heavy atom. The fourth-order valence-corrected chi connectivity index (χ4v) is 2.40. The second-order valence-corrected chi connectivity index (χ2v) is 6.26. The van der Waals surface area contributed by atoms with Gasteiger partial charge in [-0.05, 0) is 64.0 Å². The summed E-state index contributed by atoms with van der Waals surface area (Å²) in [6.07, 6.45) is 0. The topological polar surface area (TPSA) is 24.1 Å². The molecule has 0 radical (unpaired) electrons. The first-order valence-corrected chi connectivity index (χ1v) is 7.85. The molecule has 0 unspecified atom stereocenters. The highest BCUT2D eigenvalue weighted by Crippen LogP contribution is 2.25. The molecule has 0 heterocycles. The first-order valence-electron chi connectivity index (χ1n) is 5.89. The molecule has 0 fully saturated rings. The van der Waals surface area contributed by atoms with Crippen LogP contribution in [-0.2, 0) is 6.54 Å². The number of rotatable bonds is 3. The van der Waals surface area contributed by atoms with E-state index in [0.29, 0.717) is 16.7 Å². The lowest BCUT2D eigenvalue weighted by Crippen LogP contribution is -2.27. The quantitative estimate of drug-likeness (QED) is 0.667. The molecule has 0 aliphatic carbocycles. The molecule has 0 atom stereocenters. The highest BCUT2D eigenvalue weighted by Gasteiger charge is 2.03. The zero-order valence-electron chi connectivity index (χ0n) is 10.6. The number of anilines is 1. The van der Waals surface area contributed by atoms with E-state index in [9.17, 15) is 4.39 Å². The van der Waals surface area contributed by atoms with Crippen molar-refractivity contribution >= 4 is 62.1 Å². The lowest BCUT2D eigenvalue weighted by Gasteiger charge is -2.11. The molecule has 0 saturated carbocycles. The van der Waals surface area contributed by atoms with Crippen molar-refractivity contribution in [1.29, 1.82) is 0 Å². The standard InChI is InChI=1S/C14H10BrCl2FN2S/c15-10-3-2-9(6-11(10)16)20-14(21)19-7-8-1-4-13(18)12(17)5-8/h1-6H,7H2,(H2,19,20,21). The Morgan fingerprint density at radius 3 is 2.57 bits per heavy atom. The van der Waals surface area contributed by atoms with Gasteiger partial charge in [0.05, 0.1) is 10.0 Å². The van der Waals surface area contributed by atoms with Crippen LogP contribution in [0.15, 0.2) is 40.9 Å². The van der Waals surface area contributed by atoms with Gasteiger partial charge in [0.1, 0.15) is 5.82 Å². The van der Waals surface area contributed by atoms with Gasteiger partial charge in [0.2, 0.25) is 0 Å². The van der Waals surface area contributed by atoms with Gasteiger partial charge in [-0.25, -0.2) is 4.39 Å². The second-order valence-electron chi connectivity index (χ2n) is 4.19. The Hall–Kier alpha value is -0.880. The van der Waals surface area contributed by atoms with Gasteiger partial charge in [-0.3, -0.25) is 0 Å². The van der Waals surface area contributed by atoms with Gasteiger partial charge in [-0.15, -0.1) is 0 Å². The number of nitrogens with one attached hydrogen (secondary N) is 2. The highest BCUT2D eigenvalue weighted by atomic mass is 79.9. The molecule has 110 valence electrons. The van der Waals surface area contributed by atoms with E-state index in [1.807, 2.05) is 12.1 Å². The van der Waals surface area contributed by atoms with E-state index in [0.717, 1.165) is 15.7 Å². The Bertz CT molecular complexity index is 682. The molecule has 0 spiro atoms. The summed E-state index contributed by atoms with van der Waals surface area (Å²) in [6, 6.07) is 9.96. The molecule has 0 aliphatic heterocycles. The van der Waals surface area contributed by atoms with Gasteiger partial charge in [0.15, 0.2) is 5.11 Å². The molecule has 2 aromatic carbocycles. The van der Waals surface area contributed by atoms with Crippen molar-refractivity contribution in [3.05, 3.63) is 62.3 Å². The molecule has 0 amide bonds. The summed E-state index contributed by atoms with van der Waals surface area (Å²) in [5.74, 6) is -0.439. The Morgan fingerprint density at radius 1 is 1.14 bits per heavy atom. The van der Waals surface area contributed by atoms with E-state index in [-0.39, 0.29) is 5.02 Å². The fraction of sp³-hybridized carbons (Fsp3) is 0.0714. The molecule has 2 N–H and O–H groups in total. The first-order chi connectivity index (χ1) is 9.95. The number of hydrogen-bond acceptors (Lipinski definition) is 1. The summed E-state index contributed by atoms with van der Waals surface area (Å²) in [6.45, 7) is 0.441. The van der Waals surface area contributed by atoms with Crippen LogP contribution in [0.2, 0.25) is 10.0 Å². The maximum absolute atomic E-state index is 13.0. The summed E-state index contributed by atoms with van der Waals surface area (Å²) in [4.78, 5) is 0. The molecule has 0 saturated heterocycles. The minimum Gasteiger partial charge on any atom is -0.358 e. The van der Waals surface area contributed by atoms with Crippen molar-refractivity contribution in [3.63, 3.8) is 0 Å². The zero-order chi connectivity index (χ0) is 15.4. The number of benzene rings is 2. The monoisotopic (exact) mass is 406 g/mol. The normalized spacial score (nSPS) is 10.3. The second kappa shape index (κ2) is 7.40. The van der Waals surface area contributed by atoms with Crippen molar-refractivity contribution in [2.24, 2.45) is 0 Å². The van der Waals surface area contributed by atoms with Crippen LogP contribution in [0.1, 0.15) is 5.56 Å². The van der Waals surface area contributed by atoms with Crippen LogP contribution in [0.3, 0.4) is 0 Å². The van der Waals surface area contributed by atoms with Crippen molar-refractivity contribution < 1.29 is 4.39 Å². The molecule has 2 nitrogen and oxygen atoms in total. The summed E-state index contributed by atoms with van der Waals surface area (Å²) in [5, 5.41) is 7.15.